The Hall–Kier alpha value is -0.960. The van der Waals surface area contributed by atoms with Gasteiger partial charge in [0.25, 0.3) is 10.0 Å². The van der Waals surface area contributed by atoms with Crippen molar-refractivity contribution in [2.75, 3.05) is 5.73 Å². The van der Waals surface area contributed by atoms with Crippen molar-refractivity contribution in [1.29, 1.82) is 0 Å². The molecule has 0 atom stereocenters. The van der Waals surface area contributed by atoms with Gasteiger partial charge in [0.15, 0.2) is 9.34 Å². The number of nitrogen functional groups attached to an aromatic ring is 1. The molecule has 5 nitrogen and oxygen atoms in total. The van der Waals surface area contributed by atoms with Gasteiger partial charge >= 0.3 is 0 Å². The van der Waals surface area contributed by atoms with Crippen LogP contribution in [-0.4, -0.2) is 13.4 Å². The number of thiazole rings is 1. The van der Waals surface area contributed by atoms with E-state index in [-0.39, 0.29) is 15.9 Å². The number of aryl methyl sites for hydroxylation is 1. The Morgan fingerprint density at radius 3 is 2.82 bits per heavy atom. The van der Waals surface area contributed by atoms with Crippen molar-refractivity contribution < 1.29 is 8.42 Å². The lowest BCUT2D eigenvalue weighted by molar-refractivity contribution is 0.583. The summed E-state index contributed by atoms with van der Waals surface area (Å²) in [6, 6.07) is 1.88. The first kappa shape index (κ1) is 12.5. The third-order valence-corrected chi connectivity index (χ3v) is 5.79. The number of hydrogen-bond donors (Lipinski definition) is 2. The van der Waals surface area contributed by atoms with Crippen LogP contribution in [0.2, 0.25) is 0 Å². The summed E-state index contributed by atoms with van der Waals surface area (Å²) in [5, 5.41) is 4.06. The standard InChI is InChI=1S/C9H11N3O2S3/c1-6-8(16-9(10)12-6)17(13,14)11-4-7-2-3-15-5-7/h2-3,5,11H,4H2,1H3,(H2,10,12). The summed E-state index contributed by atoms with van der Waals surface area (Å²) in [5.41, 5.74) is 6.86. The number of aromatic nitrogens is 1. The maximum absolute atomic E-state index is 12.0. The van der Waals surface area contributed by atoms with Crippen LogP contribution < -0.4 is 10.5 Å². The quantitative estimate of drug-likeness (QED) is 0.894. The average molecular weight is 289 g/mol. The monoisotopic (exact) mass is 289 g/mol. The van der Waals surface area contributed by atoms with Crippen molar-refractivity contribution in [2.45, 2.75) is 17.7 Å². The van der Waals surface area contributed by atoms with Crippen LogP contribution in [0.1, 0.15) is 11.3 Å². The SMILES string of the molecule is Cc1nc(N)sc1S(=O)(=O)NCc1ccsc1. The Morgan fingerprint density at radius 2 is 2.29 bits per heavy atom. The highest BCUT2D eigenvalue weighted by Crippen LogP contribution is 2.24. The van der Waals surface area contributed by atoms with Gasteiger partial charge in [-0.05, 0) is 29.3 Å². The van der Waals surface area contributed by atoms with Gasteiger partial charge in [-0.25, -0.2) is 18.1 Å². The largest absolute Gasteiger partial charge is 0.375 e. The molecule has 0 aromatic carbocycles. The summed E-state index contributed by atoms with van der Waals surface area (Å²) in [6.45, 7) is 1.91. The maximum Gasteiger partial charge on any atom is 0.252 e. The molecular formula is C9H11N3O2S3. The minimum atomic E-state index is -3.52. The van der Waals surface area contributed by atoms with E-state index in [1.165, 1.54) is 11.3 Å². The molecule has 92 valence electrons. The number of nitrogens with two attached hydrogens (primary N) is 1. The Bertz CT molecular complexity index is 601. The highest BCUT2D eigenvalue weighted by molar-refractivity contribution is 7.91. The lowest BCUT2D eigenvalue weighted by Gasteiger charge is -2.03. The van der Waals surface area contributed by atoms with Gasteiger partial charge in [-0.2, -0.15) is 11.3 Å². The summed E-state index contributed by atoms with van der Waals surface area (Å²) >= 11 is 2.51. The van der Waals surface area contributed by atoms with E-state index < -0.39 is 10.0 Å². The van der Waals surface area contributed by atoms with Crippen LogP contribution in [0.5, 0.6) is 0 Å². The predicted octanol–water partition coefficient (Wildman–Crippen LogP) is 1.57. The van der Waals surface area contributed by atoms with Crippen molar-refractivity contribution in [3.05, 3.63) is 28.1 Å². The van der Waals surface area contributed by atoms with Crippen LogP contribution in [-0.2, 0) is 16.6 Å². The number of sulfonamides is 1. The molecule has 2 aromatic rings. The zero-order valence-corrected chi connectivity index (χ0v) is 11.5. The lowest BCUT2D eigenvalue weighted by Crippen LogP contribution is -2.22. The second-order valence-corrected chi connectivity index (χ2v) is 7.15. The first-order valence-electron chi connectivity index (χ1n) is 4.72. The molecular weight excluding hydrogens is 278 g/mol. The van der Waals surface area contributed by atoms with Gasteiger partial charge in [0.05, 0.1) is 5.69 Å². The molecule has 2 aromatic heterocycles. The molecule has 0 radical (unpaired) electrons. The second-order valence-electron chi connectivity index (χ2n) is 3.38. The minimum Gasteiger partial charge on any atom is -0.375 e. The van der Waals surface area contributed by atoms with Gasteiger partial charge in [-0.15, -0.1) is 0 Å². The molecule has 0 aliphatic carbocycles. The van der Waals surface area contributed by atoms with Crippen LogP contribution in [0.4, 0.5) is 5.13 Å². The molecule has 0 bridgehead atoms. The maximum atomic E-state index is 12.0. The van der Waals surface area contributed by atoms with Crippen LogP contribution >= 0.6 is 22.7 Å². The molecule has 0 aliphatic rings. The topological polar surface area (TPSA) is 85.1 Å². The molecule has 0 saturated carbocycles. The number of hydrogen-bond acceptors (Lipinski definition) is 6. The second kappa shape index (κ2) is 4.73. The fourth-order valence-electron chi connectivity index (χ4n) is 1.29. The van der Waals surface area contributed by atoms with Crippen LogP contribution in [0, 0.1) is 6.92 Å². The van der Waals surface area contributed by atoms with Gasteiger partial charge < -0.3 is 5.73 Å². The molecule has 2 rings (SSSR count). The molecule has 0 unspecified atom stereocenters. The number of nitrogens with zero attached hydrogens (tertiary/aromatic N) is 1. The highest BCUT2D eigenvalue weighted by atomic mass is 32.2. The van der Waals surface area contributed by atoms with Crippen LogP contribution in [0.15, 0.2) is 21.0 Å². The molecule has 0 amide bonds. The molecule has 0 aliphatic heterocycles. The molecule has 8 heteroatoms. The zero-order chi connectivity index (χ0) is 12.5. The number of anilines is 1. The first-order valence-corrected chi connectivity index (χ1v) is 7.97. The van der Waals surface area contributed by atoms with E-state index in [0.717, 1.165) is 16.9 Å². The van der Waals surface area contributed by atoms with Crippen molar-refractivity contribution in [1.82, 2.24) is 9.71 Å². The molecule has 2 heterocycles. The molecule has 0 fully saturated rings. The van der Waals surface area contributed by atoms with Crippen molar-refractivity contribution in [3.8, 4) is 0 Å². The van der Waals surface area contributed by atoms with Gasteiger partial charge in [-0.1, -0.05) is 11.3 Å². The van der Waals surface area contributed by atoms with E-state index in [4.69, 9.17) is 5.73 Å². The van der Waals surface area contributed by atoms with Gasteiger partial charge in [0.1, 0.15) is 0 Å². The van der Waals surface area contributed by atoms with E-state index in [2.05, 4.69) is 9.71 Å². The summed E-state index contributed by atoms with van der Waals surface area (Å²) in [5.74, 6) is 0. The molecule has 3 N–H and O–H groups in total. The van der Waals surface area contributed by atoms with Gasteiger partial charge in [-0.3, -0.25) is 0 Å². The minimum absolute atomic E-state index is 0.185. The molecule has 0 saturated heterocycles. The molecule has 0 spiro atoms. The van der Waals surface area contributed by atoms with Crippen molar-refractivity contribution in [2.24, 2.45) is 0 Å². The number of thiophene rings is 1. The molecule has 17 heavy (non-hydrogen) atoms. The van der Waals surface area contributed by atoms with Crippen molar-refractivity contribution in [3.63, 3.8) is 0 Å². The summed E-state index contributed by atoms with van der Waals surface area (Å²) < 4.78 is 26.6. The third-order valence-electron chi connectivity index (χ3n) is 2.06. The first-order chi connectivity index (χ1) is 7.99. The van der Waals surface area contributed by atoms with Crippen LogP contribution in [0.25, 0.3) is 0 Å². The summed E-state index contributed by atoms with van der Waals surface area (Å²) in [4.78, 5) is 3.90. The van der Waals surface area contributed by atoms with E-state index >= 15 is 0 Å². The lowest BCUT2D eigenvalue weighted by atomic mass is 10.4. The normalized spacial score (nSPS) is 11.8. The average Bonchev–Trinajstić information content (AvgIpc) is 2.85. The van der Waals surface area contributed by atoms with Gasteiger partial charge in [0.2, 0.25) is 0 Å². The Kier molecular flexibility index (Phi) is 3.48. The van der Waals surface area contributed by atoms with Gasteiger partial charge in [0, 0.05) is 6.54 Å². The summed E-state index contributed by atoms with van der Waals surface area (Å²) in [7, 11) is -3.52. The fourth-order valence-corrected chi connectivity index (χ4v) is 4.32. The van der Waals surface area contributed by atoms with Crippen molar-refractivity contribution >= 4 is 37.8 Å². The number of nitrogens with one attached hydrogen (secondary N) is 1. The van der Waals surface area contributed by atoms with E-state index in [1.54, 1.807) is 6.92 Å². The zero-order valence-electron chi connectivity index (χ0n) is 9.00. The smallest absolute Gasteiger partial charge is 0.252 e. The van der Waals surface area contributed by atoms with Crippen LogP contribution in [0.3, 0.4) is 0 Å². The van der Waals surface area contributed by atoms with E-state index in [9.17, 15) is 8.42 Å². The summed E-state index contributed by atoms with van der Waals surface area (Å²) in [6.07, 6.45) is 0. The number of rotatable bonds is 4. The highest BCUT2D eigenvalue weighted by Gasteiger charge is 2.20. The third kappa shape index (κ3) is 2.83. The van der Waals surface area contributed by atoms with E-state index in [1.807, 2.05) is 16.8 Å². The predicted molar refractivity (Wildman–Crippen MR) is 69.6 cm³/mol. The Morgan fingerprint density at radius 1 is 1.53 bits per heavy atom. The Labute approximate surface area is 107 Å². The Balaban J connectivity index is 2.17. The van der Waals surface area contributed by atoms with E-state index in [0.29, 0.717) is 5.69 Å². The fraction of sp³-hybridized carbons (Fsp3) is 0.222.